The van der Waals surface area contributed by atoms with E-state index in [9.17, 15) is 22.4 Å². The van der Waals surface area contributed by atoms with Crippen molar-refractivity contribution in [3.8, 4) is 0 Å². The zero-order valence-electron chi connectivity index (χ0n) is 19.7. The molecule has 1 fully saturated rings. The van der Waals surface area contributed by atoms with Crippen molar-refractivity contribution in [2.75, 3.05) is 22.8 Å². The van der Waals surface area contributed by atoms with Crippen LogP contribution in [0, 0.1) is 5.82 Å². The van der Waals surface area contributed by atoms with E-state index in [0.717, 1.165) is 0 Å². The smallest absolute Gasteiger partial charge is 0.317 e. The van der Waals surface area contributed by atoms with Crippen molar-refractivity contribution in [3.63, 3.8) is 0 Å². The van der Waals surface area contributed by atoms with Gasteiger partial charge in [-0.2, -0.15) is 0 Å². The van der Waals surface area contributed by atoms with Crippen LogP contribution in [-0.2, 0) is 29.8 Å². The summed E-state index contributed by atoms with van der Waals surface area (Å²) in [5.41, 5.74) is 0.148. The molecule has 0 saturated heterocycles. The first-order chi connectivity index (χ1) is 17.6. The molecular formula is C26H23BrClFN2O5S. The molecular weight excluding hydrogens is 587 g/mol. The predicted octanol–water partition coefficient (Wildman–Crippen LogP) is 5.67. The van der Waals surface area contributed by atoms with Gasteiger partial charge in [-0.3, -0.25) is 13.9 Å². The molecule has 7 nitrogen and oxygen atoms in total. The second kappa shape index (κ2) is 10.8. The summed E-state index contributed by atoms with van der Waals surface area (Å²) in [4.78, 5) is 25.1. The Morgan fingerprint density at radius 2 is 1.81 bits per heavy atom. The maximum atomic E-state index is 13.8. The summed E-state index contributed by atoms with van der Waals surface area (Å²) < 4.78 is 47.5. The van der Waals surface area contributed by atoms with Crippen molar-refractivity contribution < 1.29 is 27.1 Å². The molecule has 0 atom stereocenters. The number of halogens is 3. The first-order valence-corrected chi connectivity index (χ1v) is 14.0. The van der Waals surface area contributed by atoms with Gasteiger partial charge in [-0.05, 0) is 73.9 Å². The van der Waals surface area contributed by atoms with Crippen molar-refractivity contribution in [3.05, 3.63) is 87.6 Å². The zero-order chi connectivity index (χ0) is 26.8. The monoisotopic (exact) mass is 608 g/mol. The van der Waals surface area contributed by atoms with Gasteiger partial charge in [-0.1, -0.05) is 45.7 Å². The normalized spacial score (nSPS) is 14.1. The third kappa shape index (κ3) is 5.81. The molecule has 1 N–H and O–H groups in total. The number of nitrogens with zero attached hydrogens (tertiary/aromatic N) is 1. The maximum Gasteiger partial charge on any atom is 0.317 e. The SMILES string of the molecule is CCN(c1ccccc1)S(=O)(=O)c1cc(NC(=O)COC(=O)C2(c3cc(F)cc(Br)c3)CC2)ccc1Cl. The molecule has 0 aliphatic heterocycles. The van der Waals surface area contributed by atoms with E-state index in [-0.39, 0.29) is 22.2 Å². The molecule has 4 rings (SSSR count). The zero-order valence-corrected chi connectivity index (χ0v) is 22.9. The number of hydrogen-bond donors (Lipinski definition) is 1. The van der Waals surface area contributed by atoms with Gasteiger partial charge in [-0.25, -0.2) is 12.8 Å². The van der Waals surface area contributed by atoms with Crippen LogP contribution in [0.25, 0.3) is 0 Å². The first-order valence-electron chi connectivity index (χ1n) is 11.4. The topological polar surface area (TPSA) is 92.8 Å². The fourth-order valence-corrected chi connectivity index (χ4v) is 6.46. The van der Waals surface area contributed by atoms with Gasteiger partial charge in [-0.15, -0.1) is 0 Å². The highest BCUT2D eigenvalue weighted by Crippen LogP contribution is 2.50. The highest BCUT2D eigenvalue weighted by molar-refractivity contribution is 9.10. The standard InChI is InChI=1S/C26H23BrClFN2O5S/c1-2-31(21-6-4-3-5-7-21)37(34,35)23-15-20(8-9-22(23)28)30-24(32)16-36-25(33)26(10-11-26)17-12-18(27)14-19(29)13-17/h3-9,12-15H,2,10-11,16H2,1H3,(H,30,32). The summed E-state index contributed by atoms with van der Waals surface area (Å²) in [5, 5.41) is 2.53. The van der Waals surface area contributed by atoms with Gasteiger partial charge in [0.15, 0.2) is 6.61 Å². The van der Waals surface area contributed by atoms with Crippen molar-refractivity contribution in [1.82, 2.24) is 0 Å². The van der Waals surface area contributed by atoms with E-state index in [0.29, 0.717) is 28.6 Å². The van der Waals surface area contributed by atoms with E-state index in [1.54, 1.807) is 43.3 Å². The lowest BCUT2D eigenvalue weighted by atomic mass is 9.96. The average Bonchev–Trinajstić information content (AvgIpc) is 3.66. The molecule has 3 aromatic rings. The van der Waals surface area contributed by atoms with Gasteiger partial charge >= 0.3 is 5.97 Å². The number of carbonyl (C=O) groups excluding carboxylic acids is 2. The molecule has 3 aromatic carbocycles. The van der Waals surface area contributed by atoms with E-state index in [4.69, 9.17) is 16.3 Å². The third-order valence-corrected chi connectivity index (χ3v) is 8.85. The van der Waals surface area contributed by atoms with Crippen molar-refractivity contribution >= 4 is 60.8 Å². The number of rotatable bonds is 9. The summed E-state index contributed by atoms with van der Waals surface area (Å²) in [6.45, 7) is 1.28. The number of hydrogen-bond acceptors (Lipinski definition) is 5. The number of anilines is 2. The lowest BCUT2D eigenvalue weighted by Gasteiger charge is -2.23. The van der Waals surface area contributed by atoms with Gasteiger partial charge in [0.05, 0.1) is 16.1 Å². The Labute approximate surface area is 227 Å². The number of esters is 1. The number of para-hydroxylation sites is 1. The molecule has 0 radical (unpaired) electrons. The van der Waals surface area contributed by atoms with Crippen LogP contribution in [-0.4, -0.2) is 33.4 Å². The molecule has 11 heteroatoms. The Bertz CT molecular complexity index is 1430. The molecule has 1 amide bonds. The van der Waals surface area contributed by atoms with Crippen molar-refractivity contribution in [2.24, 2.45) is 0 Å². The van der Waals surface area contributed by atoms with Crippen LogP contribution in [0.2, 0.25) is 5.02 Å². The molecule has 1 aliphatic rings. The van der Waals surface area contributed by atoms with E-state index >= 15 is 0 Å². The second-order valence-electron chi connectivity index (χ2n) is 8.52. The van der Waals surface area contributed by atoms with Gasteiger partial charge in [0.2, 0.25) is 0 Å². The fourth-order valence-electron chi connectivity index (χ4n) is 4.02. The van der Waals surface area contributed by atoms with Gasteiger partial charge in [0, 0.05) is 16.7 Å². The predicted molar refractivity (Wildman–Crippen MR) is 143 cm³/mol. The Hall–Kier alpha value is -2.95. The summed E-state index contributed by atoms with van der Waals surface area (Å²) in [6, 6.07) is 16.9. The molecule has 1 aliphatic carbocycles. The highest BCUT2D eigenvalue weighted by atomic mass is 79.9. The number of benzene rings is 3. The maximum absolute atomic E-state index is 13.8. The Morgan fingerprint density at radius 3 is 2.43 bits per heavy atom. The summed E-state index contributed by atoms with van der Waals surface area (Å²) in [6.07, 6.45) is 0.966. The number of amides is 1. The number of nitrogens with one attached hydrogen (secondary N) is 1. The van der Waals surface area contributed by atoms with Gasteiger partial charge < -0.3 is 10.1 Å². The largest absolute Gasteiger partial charge is 0.455 e. The van der Waals surface area contributed by atoms with Crippen LogP contribution in [0.1, 0.15) is 25.3 Å². The molecule has 37 heavy (non-hydrogen) atoms. The van der Waals surface area contributed by atoms with Crippen LogP contribution < -0.4 is 9.62 Å². The molecule has 0 aromatic heterocycles. The van der Waals surface area contributed by atoms with Crippen molar-refractivity contribution in [2.45, 2.75) is 30.1 Å². The lowest BCUT2D eigenvalue weighted by molar-refractivity contribution is -0.150. The first kappa shape index (κ1) is 27.1. The molecule has 0 spiro atoms. The second-order valence-corrected chi connectivity index (χ2v) is 11.7. The van der Waals surface area contributed by atoms with Crippen LogP contribution >= 0.6 is 27.5 Å². The molecule has 194 valence electrons. The quantitative estimate of drug-likeness (QED) is 0.316. The van der Waals surface area contributed by atoms with Crippen LogP contribution in [0.4, 0.5) is 15.8 Å². The summed E-state index contributed by atoms with van der Waals surface area (Å²) in [7, 11) is -4.04. The minimum atomic E-state index is -4.04. The molecule has 0 heterocycles. The lowest BCUT2D eigenvalue weighted by Crippen LogP contribution is -2.31. The van der Waals surface area contributed by atoms with E-state index < -0.39 is 39.7 Å². The van der Waals surface area contributed by atoms with Crippen LogP contribution in [0.5, 0.6) is 0 Å². The fraction of sp³-hybridized carbons (Fsp3) is 0.231. The minimum absolute atomic E-state index is 0.00395. The Morgan fingerprint density at radius 1 is 1.11 bits per heavy atom. The van der Waals surface area contributed by atoms with E-state index in [1.165, 1.54) is 34.6 Å². The number of sulfonamides is 1. The van der Waals surface area contributed by atoms with Crippen LogP contribution in [0.15, 0.2) is 76.1 Å². The molecule has 0 unspecified atom stereocenters. The number of ether oxygens (including phenoxy) is 1. The number of carbonyl (C=O) groups is 2. The third-order valence-electron chi connectivity index (χ3n) is 6.00. The highest BCUT2D eigenvalue weighted by Gasteiger charge is 2.53. The van der Waals surface area contributed by atoms with E-state index in [1.807, 2.05) is 0 Å². The minimum Gasteiger partial charge on any atom is -0.455 e. The van der Waals surface area contributed by atoms with Crippen LogP contribution in [0.3, 0.4) is 0 Å². The van der Waals surface area contributed by atoms with E-state index in [2.05, 4.69) is 21.2 Å². The van der Waals surface area contributed by atoms with Gasteiger partial charge in [0.25, 0.3) is 15.9 Å². The Kier molecular flexibility index (Phi) is 7.91. The molecule has 0 bridgehead atoms. The summed E-state index contributed by atoms with van der Waals surface area (Å²) in [5.74, 6) is -1.77. The Balaban J connectivity index is 1.45. The average molecular weight is 610 g/mol. The summed E-state index contributed by atoms with van der Waals surface area (Å²) >= 11 is 9.45. The van der Waals surface area contributed by atoms with Crippen molar-refractivity contribution in [1.29, 1.82) is 0 Å². The van der Waals surface area contributed by atoms with Gasteiger partial charge in [0.1, 0.15) is 10.7 Å². The molecule has 1 saturated carbocycles.